The lowest BCUT2D eigenvalue weighted by Gasteiger charge is -2.08. The largest absolute Gasteiger partial charge is 0.466 e. The number of hydrogen-bond donors (Lipinski definition) is 1. The summed E-state index contributed by atoms with van der Waals surface area (Å²) in [6, 6.07) is 13.4. The summed E-state index contributed by atoms with van der Waals surface area (Å²) in [5, 5.41) is 7.57. The molecule has 0 unspecified atom stereocenters. The standard InChI is InChI=1S/C21H19N3O3/c1-12-9-16(14(3)26-12)18-10-17(19-13(2)24-27-21(19)23-18)20(25)22-11-15-7-5-4-6-8-15/h4-10H,11H2,1-3H3,(H,22,25). The number of aromatic nitrogens is 2. The van der Waals surface area contributed by atoms with Crippen LogP contribution in [0.5, 0.6) is 0 Å². The van der Waals surface area contributed by atoms with Gasteiger partial charge in [-0.25, -0.2) is 4.98 Å². The van der Waals surface area contributed by atoms with Crippen molar-refractivity contribution >= 4 is 17.0 Å². The van der Waals surface area contributed by atoms with Crippen LogP contribution in [0.25, 0.3) is 22.4 Å². The fourth-order valence-corrected chi connectivity index (χ4v) is 3.17. The van der Waals surface area contributed by atoms with E-state index in [0.717, 1.165) is 22.6 Å². The molecule has 3 aromatic heterocycles. The number of carbonyl (C=O) groups excluding carboxylic acids is 1. The highest BCUT2D eigenvalue weighted by Crippen LogP contribution is 2.30. The first-order valence-electron chi connectivity index (χ1n) is 8.69. The van der Waals surface area contributed by atoms with Crippen LogP contribution in [0.2, 0.25) is 0 Å². The molecule has 27 heavy (non-hydrogen) atoms. The molecule has 4 rings (SSSR count). The van der Waals surface area contributed by atoms with Gasteiger partial charge in [-0.15, -0.1) is 0 Å². The van der Waals surface area contributed by atoms with Crippen LogP contribution in [0, 0.1) is 20.8 Å². The van der Waals surface area contributed by atoms with Crippen molar-refractivity contribution in [3.8, 4) is 11.3 Å². The van der Waals surface area contributed by atoms with Gasteiger partial charge in [-0.1, -0.05) is 35.5 Å². The first-order valence-corrected chi connectivity index (χ1v) is 8.69. The number of carbonyl (C=O) groups is 1. The average molecular weight is 361 g/mol. The molecular formula is C21H19N3O3. The monoisotopic (exact) mass is 361 g/mol. The predicted molar refractivity (Wildman–Crippen MR) is 101 cm³/mol. The van der Waals surface area contributed by atoms with E-state index in [0.29, 0.717) is 34.6 Å². The summed E-state index contributed by atoms with van der Waals surface area (Å²) in [5.74, 6) is 1.33. The van der Waals surface area contributed by atoms with Crippen molar-refractivity contribution in [2.75, 3.05) is 0 Å². The van der Waals surface area contributed by atoms with Crippen LogP contribution in [0.15, 0.2) is 51.4 Å². The normalized spacial score (nSPS) is 11.1. The Morgan fingerprint density at radius 3 is 2.59 bits per heavy atom. The van der Waals surface area contributed by atoms with Crippen LogP contribution >= 0.6 is 0 Å². The molecule has 136 valence electrons. The summed E-state index contributed by atoms with van der Waals surface area (Å²) in [4.78, 5) is 17.5. The second-order valence-electron chi connectivity index (χ2n) is 6.50. The molecule has 0 radical (unpaired) electrons. The minimum Gasteiger partial charge on any atom is -0.466 e. The number of fused-ring (bicyclic) bond motifs is 1. The van der Waals surface area contributed by atoms with Crippen LogP contribution < -0.4 is 5.32 Å². The number of furan rings is 1. The topological polar surface area (TPSA) is 81.2 Å². The summed E-state index contributed by atoms with van der Waals surface area (Å²) >= 11 is 0. The smallest absolute Gasteiger partial charge is 0.259 e. The summed E-state index contributed by atoms with van der Waals surface area (Å²) in [6.07, 6.45) is 0. The molecule has 1 N–H and O–H groups in total. The highest BCUT2D eigenvalue weighted by atomic mass is 16.5. The SMILES string of the molecule is Cc1cc(-c2cc(C(=O)NCc3ccccc3)c3c(C)noc3n2)c(C)o1. The molecule has 0 atom stereocenters. The highest BCUT2D eigenvalue weighted by Gasteiger charge is 2.20. The Labute approximate surface area is 156 Å². The quantitative estimate of drug-likeness (QED) is 0.585. The molecule has 0 aliphatic carbocycles. The third-order valence-electron chi connectivity index (χ3n) is 4.47. The van der Waals surface area contributed by atoms with Gasteiger partial charge in [0, 0.05) is 12.1 Å². The molecule has 0 aliphatic heterocycles. The second kappa shape index (κ2) is 6.72. The molecule has 0 saturated heterocycles. The van der Waals surface area contributed by atoms with Crippen molar-refractivity contribution < 1.29 is 13.7 Å². The molecule has 6 nitrogen and oxygen atoms in total. The van der Waals surface area contributed by atoms with Gasteiger partial charge in [-0.2, -0.15) is 0 Å². The first-order chi connectivity index (χ1) is 13.0. The zero-order valence-corrected chi connectivity index (χ0v) is 15.4. The lowest BCUT2D eigenvalue weighted by atomic mass is 10.1. The molecule has 6 heteroatoms. The Morgan fingerprint density at radius 1 is 1.11 bits per heavy atom. The van der Waals surface area contributed by atoms with Crippen molar-refractivity contribution in [1.29, 1.82) is 0 Å². The molecular weight excluding hydrogens is 342 g/mol. The van der Waals surface area contributed by atoms with Crippen LogP contribution in [0.1, 0.15) is 33.1 Å². The van der Waals surface area contributed by atoms with E-state index in [2.05, 4.69) is 15.5 Å². The zero-order chi connectivity index (χ0) is 19.0. The average Bonchev–Trinajstić information content (AvgIpc) is 3.21. The number of benzene rings is 1. The summed E-state index contributed by atoms with van der Waals surface area (Å²) in [6.45, 7) is 5.98. The number of pyridine rings is 1. The Morgan fingerprint density at radius 2 is 1.89 bits per heavy atom. The number of rotatable bonds is 4. The Bertz CT molecular complexity index is 1130. The fourth-order valence-electron chi connectivity index (χ4n) is 3.17. The van der Waals surface area contributed by atoms with E-state index in [9.17, 15) is 4.79 Å². The van der Waals surface area contributed by atoms with Gasteiger partial charge in [0.1, 0.15) is 11.5 Å². The van der Waals surface area contributed by atoms with Gasteiger partial charge >= 0.3 is 0 Å². The van der Waals surface area contributed by atoms with E-state index >= 15 is 0 Å². The van der Waals surface area contributed by atoms with Gasteiger partial charge in [-0.3, -0.25) is 4.79 Å². The van der Waals surface area contributed by atoms with Crippen molar-refractivity contribution in [1.82, 2.24) is 15.5 Å². The summed E-state index contributed by atoms with van der Waals surface area (Å²) < 4.78 is 10.9. The number of nitrogens with zero attached hydrogens (tertiary/aromatic N) is 2. The van der Waals surface area contributed by atoms with Crippen LogP contribution in [0.3, 0.4) is 0 Å². The van der Waals surface area contributed by atoms with Gasteiger partial charge < -0.3 is 14.3 Å². The number of amides is 1. The Hall–Kier alpha value is -3.41. The molecule has 1 aromatic carbocycles. The van der Waals surface area contributed by atoms with Crippen molar-refractivity contribution in [2.45, 2.75) is 27.3 Å². The lowest BCUT2D eigenvalue weighted by Crippen LogP contribution is -2.23. The highest BCUT2D eigenvalue weighted by molar-refractivity contribution is 6.07. The molecule has 4 aromatic rings. The van der Waals surface area contributed by atoms with Crippen molar-refractivity contribution in [3.05, 3.63) is 70.8 Å². The third-order valence-corrected chi connectivity index (χ3v) is 4.47. The van der Waals surface area contributed by atoms with E-state index in [-0.39, 0.29) is 5.91 Å². The van der Waals surface area contributed by atoms with Crippen LogP contribution in [0.4, 0.5) is 0 Å². The van der Waals surface area contributed by atoms with Gasteiger partial charge in [0.15, 0.2) is 0 Å². The maximum absolute atomic E-state index is 12.9. The third kappa shape index (κ3) is 3.21. The molecule has 0 aliphatic rings. The second-order valence-corrected chi connectivity index (χ2v) is 6.50. The van der Waals surface area contributed by atoms with Crippen LogP contribution in [-0.4, -0.2) is 16.0 Å². The van der Waals surface area contributed by atoms with E-state index in [1.807, 2.05) is 50.2 Å². The number of hydrogen-bond acceptors (Lipinski definition) is 5. The van der Waals surface area contributed by atoms with E-state index in [1.54, 1.807) is 13.0 Å². The molecule has 1 amide bonds. The van der Waals surface area contributed by atoms with E-state index < -0.39 is 0 Å². The van der Waals surface area contributed by atoms with Gasteiger partial charge in [0.25, 0.3) is 11.6 Å². The zero-order valence-electron chi connectivity index (χ0n) is 15.4. The van der Waals surface area contributed by atoms with Crippen LogP contribution in [-0.2, 0) is 6.54 Å². The van der Waals surface area contributed by atoms with Gasteiger partial charge in [0.2, 0.25) is 0 Å². The molecule has 0 spiro atoms. The Balaban J connectivity index is 1.75. The van der Waals surface area contributed by atoms with E-state index in [1.165, 1.54) is 0 Å². The number of nitrogens with one attached hydrogen (secondary N) is 1. The molecule has 3 heterocycles. The predicted octanol–water partition coefficient (Wildman–Crippen LogP) is 4.34. The van der Waals surface area contributed by atoms with Crippen molar-refractivity contribution in [2.24, 2.45) is 0 Å². The number of aryl methyl sites for hydroxylation is 3. The van der Waals surface area contributed by atoms with Gasteiger partial charge in [-0.05, 0) is 38.5 Å². The molecule has 0 bridgehead atoms. The minimum atomic E-state index is -0.198. The first kappa shape index (κ1) is 17.0. The molecule has 0 saturated carbocycles. The minimum absolute atomic E-state index is 0.198. The fraction of sp³-hybridized carbons (Fsp3) is 0.190. The maximum atomic E-state index is 12.9. The van der Waals surface area contributed by atoms with Crippen molar-refractivity contribution in [3.63, 3.8) is 0 Å². The van der Waals surface area contributed by atoms with Gasteiger partial charge in [0.05, 0.1) is 22.3 Å². The van der Waals surface area contributed by atoms with E-state index in [4.69, 9.17) is 8.94 Å². The maximum Gasteiger partial charge on any atom is 0.259 e. The summed E-state index contributed by atoms with van der Waals surface area (Å²) in [7, 11) is 0. The molecule has 0 fully saturated rings. The lowest BCUT2D eigenvalue weighted by molar-refractivity contribution is 0.0952. The Kier molecular flexibility index (Phi) is 4.24. The summed E-state index contributed by atoms with van der Waals surface area (Å²) in [5.41, 5.74) is 3.95.